The van der Waals surface area contributed by atoms with Gasteiger partial charge in [0.15, 0.2) is 0 Å². The van der Waals surface area contributed by atoms with E-state index in [9.17, 15) is 9.90 Å². The lowest BCUT2D eigenvalue weighted by Crippen LogP contribution is -2.48. The van der Waals surface area contributed by atoms with Crippen LogP contribution in [0, 0.1) is 5.41 Å². The predicted molar refractivity (Wildman–Crippen MR) is 79.7 cm³/mol. The first-order valence-electron chi connectivity index (χ1n) is 7.74. The molecular formula is C15H30N2O3. The highest BCUT2D eigenvalue weighted by Gasteiger charge is 2.23. The summed E-state index contributed by atoms with van der Waals surface area (Å²) in [4.78, 5) is 13.9. The molecule has 0 aliphatic carbocycles. The van der Waals surface area contributed by atoms with E-state index in [1.165, 1.54) is 0 Å². The molecule has 5 heteroatoms. The van der Waals surface area contributed by atoms with E-state index < -0.39 is 0 Å². The topological polar surface area (TPSA) is 61.8 Å². The lowest BCUT2D eigenvalue weighted by Gasteiger charge is -2.32. The van der Waals surface area contributed by atoms with Crippen LogP contribution >= 0.6 is 0 Å². The van der Waals surface area contributed by atoms with Gasteiger partial charge in [0.1, 0.15) is 0 Å². The Balaban J connectivity index is 2.22. The molecule has 1 aliphatic rings. The van der Waals surface area contributed by atoms with Crippen LogP contribution in [-0.2, 0) is 4.74 Å². The lowest BCUT2D eigenvalue weighted by molar-refractivity contribution is 0.0164. The summed E-state index contributed by atoms with van der Waals surface area (Å²) >= 11 is 0. The fourth-order valence-electron chi connectivity index (χ4n) is 2.45. The van der Waals surface area contributed by atoms with Gasteiger partial charge in [0, 0.05) is 32.8 Å². The van der Waals surface area contributed by atoms with E-state index in [2.05, 4.69) is 5.32 Å². The molecule has 0 radical (unpaired) electrons. The third kappa shape index (κ3) is 6.09. The van der Waals surface area contributed by atoms with Gasteiger partial charge in [-0.15, -0.1) is 0 Å². The molecule has 2 N–H and O–H groups in total. The minimum absolute atomic E-state index is 0.0104. The van der Waals surface area contributed by atoms with Crippen molar-refractivity contribution in [3.63, 3.8) is 0 Å². The summed E-state index contributed by atoms with van der Waals surface area (Å²) in [5.41, 5.74) is -0.0596. The van der Waals surface area contributed by atoms with Crippen LogP contribution in [0.4, 0.5) is 4.79 Å². The number of piperidine rings is 1. The number of nitrogens with one attached hydrogen (secondary N) is 1. The van der Waals surface area contributed by atoms with Crippen LogP contribution in [0.2, 0.25) is 0 Å². The molecule has 1 saturated heterocycles. The Labute approximate surface area is 122 Å². The Morgan fingerprint density at radius 1 is 1.50 bits per heavy atom. The maximum absolute atomic E-state index is 12.1. The molecule has 0 aromatic heterocycles. The van der Waals surface area contributed by atoms with Crippen molar-refractivity contribution in [2.75, 3.05) is 32.8 Å². The molecule has 1 atom stereocenters. The van der Waals surface area contributed by atoms with Gasteiger partial charge in [-0.05, 0) is 38.0 Å². The minimum Gasteiger partial charge on any atom is -0.396 e. The number of rotatable bonds is 7. The van der Waals surface area contributed by atoms with Crippen LogP contribution in [0.15, 0.2) is 0 Å². The number of urea groups is 1. The number of nitrogens with zero attached hydrogens (tertiary/aromatic N) is 1. The Kier molecular flexibility index (Phi) is 7.30. The van der Waals surface area contributed by atoms with Crippen LogP contribution in [0.5, 0.6) is 0 Å². The standard InChI is InChI=1S/C15H30N2O3/c1-4-20-13-7-5-10-17(11-13)14(19)16-9-6-8-15(2,3)12-18/h13,18H,4-12H2,1-3H3,(H,16,19)/t13-/m1/s1. The lowest BCUT2D eigenvalue weighted by atomic mass is 9.89. The largest absolute Gasteiger partial charge is 0.396 e. The fourth-order valence-corrected chi connectivity index (χ4v) is 2.45. The molecule has 118 valence electrons. The van der Waals surface area contributed by atoms with E-state index in [4.69, 9.17) is 4.74 Å². The third-order valence-corrected chi connectivity index (χ3v) is 3.80. The third-order valence-electron chi connectivity index (χ3n) is 3.80. The van der Waals surface area contributed by atoms with Crippen molar-refractivity contribution in [2.24, 2.45) is 5.41 Å². The molecule has 0 aromatic rings. The van der Waals surface area contributed by atoms with E-state index in [1.807, 2.05) is 25.7 Å². The average Bonchev–Trinajstić information content (AvgIpc) is 2.44. The number of amides is 2. The summed E-state index contributed by atoms with van der Waals surface area (Å²) in [5, 5.41) is 12.1. The summed E-state index contributed by atoms with van der Waals surface area (Å²) in [6.07, 6.45) is 4.04. The predicted octanol–water partition coefficient (Wildman–Crippen LogP) is 2.00. The number of aliphatic hydroxyl groups excluding tert-OH is 1. The number of ether oxygens (including phenoxy) is 1. The highest BCUT2D eigenvalue weighted by atomic mass is 16.5. The molecule has 0 aromatic carbocycles. The zero-order chi connectivity index (χ0) is 15.0. The molecule has 0 spiro atoms. The molecule has 1 fully saturated rings. The van der Waals surface area contributed by atoms with Crippen molar-refractivity contribution in [3.05, 3.63) is 0 Å². The van der Waals surface area contributed by atoms with Gasteiger partial charge in [-0.3, -0.25) is 0 Å². The zero-order valence-electron chi connectivity index (χ0n) is 13.2. The molecular weight excluding hydrogens is 256 g/mol. The fraction of sp³-hybridized carbons (Fsp3) is 0.933. The molecule has 1 heterocycles. The first-order valence-corrected chi connectivity index (χ1v) is 7.74. The van der Waals surface area contributed by atoms with Gasteiger partial charge in [0.2, 0.25) is 0 Å². The van der Waals surface area contributed by atoms with Gasteiger partial charge < -0.3 is 20.1 Å². The van der Waals surface area contributed by atoms with Gasteiger partial charge in [0.05, 0.1) is 6.10 Å². The van der Waals surface area contributed by atoms with Gasteiger partial charge in [-0.25, -0.2) is 4.79 Å². The maximum atomic E-state index is 12.1. The molecule has 1 aliphatic heterocycles. The summed E-state index contributed by atoms with van der Waals surface area (Å²) in [6, 6.07) is 0.0104. The van der Waals surface area contributed by atoms with E-state index in [-0.39, 0.29) is 24.2 Å². The molecule has 0 bridgehead atoms. The van der Waals surface area contributed by atoms with E-state index in [0.717, 1.165) is 32.2 Å². The molecule has 0 saturated carbocycles. The van der Waals surface area contributed by atoms with Crippen LogP contribution in [0.3, 0.4) is 0 Å². The Hall–Kier alpha value is -0.810. The molecule has 5 nitrogen and oxygen atoms in total. The van der Waals surface area contributed by atoms with Crippen molar-refractivity contribution in [1.82, 2.24) is 10.2 Å². The monoisotopic (exact) mass is 286 g/mol. The first-order chi connectivity index (χ1) is 9.48. The summed E-state index contributed by atoms with van der Waals surface area (Å²) in [6.45, 7) is 9.12. The number of carbonyl (C=O) groups excluding carboxylic acids is 1. The second kappa shape index (κ2) is 8.47. The molecule has 0 unspecified atom stereocenters. The molecule has 20 heavy (non-hydrogen) atoms. The van der Waals surface area contributed by atoms with E-state index >= 15 is 0 Å². The highest BCUT2D eigenvalue weighted by Crippen LogP contribution is 2.20. The number of aliphatic hydroxyl groups is 1. The Morgan fingerprint density at radius 3 is 2.90 bits per heavy atom. The maximum Gasteiger partial charge on any atom is 0.317 e. The van der Waals surface area contributed by atoms with E-state index in [1.54, 1.807) is 0 Å². The van der Waals surface area contributed by atoms with Crippen LogP contribution in [0.25, 0.3) is 0 Å². The van der Waals surface area contributed by atoms with Crippen LogP contribution in [0.1, 0.15) is 46.5 Å². The number of carbonyl (C=O) groups is 1. The number of hydrogen-bond acceptors (Lipinski definition) is 3. The quantitative estimate of drug-likeness (QED) is 0.704. The molecule has 2 amide bonds. The minimum atomic E-state index is -0.0596. The van der Waals surface area contributed by atoms with Crippen LogP contribution < -0.4 is 5.32 Å². The number of likely N-dealkylation sites (tertiary alicyclic amines) is 1. The Morgan fingerprint density at radius 2 is 2.25 bits per heavy atom. The van der Waals surface area contributed by atoms with Crippen molar-refractivity contribution in [3.8, 4) is 0 Å². The van der Waals surface area contributed by atoms with Crippen molar-refractivity contribution in [2.45, 2.75) is 52.6 Å². The second-order valence-corrected chi connectivity index (χ2v) is 6.32. The summed E-state index contributed by atoms with van der Waals surface area (Å²) in [7, 11) is 0. The zero-order valence-corrected chi connectivity index (χ0v) is 13.2. The average molecular weight is 286 g/mol. The van der Waals surface area contributed by atoms with Crippen molar-refractivity contribution in [1.29, 1.82) is 0 Å². The smallest absolute Gasteiger partial charge is 0.317 e. The van der Waals surface area contributed by atoms with E-state index in [0.29, 0.717) is 19.7 Å². The van der Waals surface area contributed by atoms with Gasteiger partial charge >= 0.3 is 6.03 Å². The summed E-state index contributed by atoms with van der Waals surface area (Å²) < 4.78 is 5.60. The van der Waals surface area contributed by atoms with Crippen LogP contribution in [-0.4, -0.2) is 55.0 Å². The normalized spacial score (nSPS) is 20.0. The van der Waals surface area contributed by atoms with Crippen molar-refractivity contribution < 1.29 is 14.6 Å². The first kappa shape index (κ1) is 17.2. The van der Waals surface area contributed by atoms with Crippen molar-refractivity contribution >= 4 is 6.03 Å². The van der Waals surface area contributed by atoms with Gasteiger partial charge in [-0.1, -0.05) is 13.8 Å². The highest BCUT2D eigenvalue weighted by molar-refractivity contribution is 5.74. The molecule has 1 rings (SSSR count). The van der Waals surface area contributed by atoms with Gasteiger partial charge in [0.25, 0.3) is 0 Å². The number of hydrogen-bond donors (Lipinski definition) is 2. The second-order valence-electron chi connectivity index (χ2n) is 6.32. The Bertz CT molecular complexity index is 293. The van der Waals surface area contributed by atoms with Gasteiger partial charge in [-0.2, -0.15) is 0 Å². The summed E-state index contributed by atoms with van der Waals surface area (Å²) in [5.74, 6) is 0. The SMILES string of the molecule is CCO[C@@H]1CCCN(C(=O)NCCCC(C)(C)CO)C1.